The van der Waals surface area contributed by atoms with Crippen LogP contribution in [0.3, 0.4) is 0 Å². The summed E-state index contributed by atoms with van der Waals surface area (Å²) in [4.78, 5) is 41.7. The second-order valence-electron chi connectivity index (χ2n) is 10.3. The van der Waals surface area contributed by atoms with Gasteiger partial charge in [0.2, 0.25) is 0 Å². The molecule has 3 aromatic rings. The van der Waals surface area contributed by atoms with Gasteiger partial charge in [0.05, 0.1) is 18.9 Å². The number of ether oxygens (including phenoxy) is 4. The van der Waals surface area contributed by atoms with Crippen molar-refractivity contribution in [2.75, 3.05) is 25.6 Å². The molecule has 4 rings (SSSR count). The van der Waals surface area contributed by atoms with Gasteiger partial charge < -0.3 is 29.2 Å². The van der Waals surface area contributed by atoms with Crippen LogP contribution in [0.4, 0.5) is 10.2 Å². The number of esters is 3. The van der Waals surface area contributed by atoms with Crippen molar-refractivity contribution in [3.63, 3.8) is 0 Å². The Labute approximate surface area is 264 Å². The fraction of sp³-hybridized carbons (Fsp3) is 0.483. The number of benzene rings is 1. The number of hydrogen-bond donors (Lipinski definition) is 2. The number of rotatable bonds is 15. The number of nitrogen functional groups attached to an aromatic ring is 1. The van der Waals surface area contributed by atoms with Gasteiger partial charge in [-0.15, -0.1) is 0 Å². The second-order valence-corrected chi connectivity index (χ2v) is 12.0. The summed E-state index contributed by atoms with van der Waals surface area (Å²) in [5.74, 6) is -1.95. The number of anilines is 1. The molecule has 1 aromatic carbocycles. The molecule has 0 spiro atoms. The van der Waals surface area contributed by atoms with Crippen molar-refractivity contribution in [1.29, 1.82) is 0 Å². The largest absolute Gasteiger partial charge is 0.465 e. The van der Waals surface area contributed by atoms with Crippen LogP contribution in [0.15, 0.2) is 48.8 Å². The van der Waals surface area contributed by atoms with E-state index in [1.807, 2.05) is 0 Å². The molecule has 15 nitrogen and oxygen atoms in total. The van der Waals surface area contributed by atoms with Gasteiger partial charge in [-0.3, -0.25) is 18.9 Å². The highest BCUT2D eigenvalue weighted by molar-refractivity contribution is 7.52. The van der Waals surface area contributed by atoms with E-state index in [-0.39, 0.29) is 36.7 Å². The number of alkyl halides is 1. The maximum Gasteiger partial charge on any atom is 0.459 e. The lowest BCUT2D eigenvalue weighted by atomic mass is 9.95. The lowest BCUT2D eigenvalue weighted by molar-refractivity contribution is -0.174. The fourth-order valence-electron chi connectivity index (χ4n) is 4.74. The van der Waals surface area contributed by atoms with Gasteiger partial charge >= 0.3 is 25.7 Å². The van der Waals surface area contributed by atoms with Crippen molar-refractivity contribution in [1.82, 2.24) is 19.7 Å². The summed E-state index contributed by atoms with van der Waals surface area (Å²) < 4.78 is 65.1. The summed E-state index contributed by atoms with van der Waals surface area (Å²) in [6, 6.07) is 9.91. The van der Waals surface area contributed by atoms with Crippen molar-refractivity contribution in [2.24, 2.45) is 0 Å². The van der Waals surface area contributed by atoms with E-state index >= 15 is 4.39 Å². The predicted molar refractivity (Wildman–Crippen MR) is 160 cm³/mol. The molecule has 1 fully saturated rings. The zero-order chi connectivity index (χ0) is 33.5. The Morgan fingerprint density at radius 2 is 1.80 bits per heavy atom. The first-order valence-corrected chi connectivity index (χ1v) is 16.2. The summed E-state index contributed by atoms with van der Waals surface area (Å²) >= 11 is 0. The number of carbonyl (C=O) groups is 3. The first kappa shape index (κ1) is 34.8. The molecule has 0 saturated carbocycles. The number of fused-ring (bicyclic) bond motifs is 1. The molecule has 2 aromatic heterocycles. The van der Waals surface area contributed by atoms with Crippen LogP contribution >= 0.6 is 7.75 Å². The lowest BCUT2D eigenvalue weighted by Gasteiger charge is -2.33. The quantitative estimate of drug-likeness (QED) is 0.136. The van der Waals surface area contributed by atoms with E-state index in [0.29, 0.717) is 5.52 Å². The average Bonchev–Trinajstić information content (AvgIpc) is 3.60. The Kier molecular flexibility index (Phi) is 11.3. The molecule has 0 aliphatic carbocycles. The van der Waals surface area contributed by atoms with Gasteiger partial charge in [0.15, 0.2) is 23.6 Å². The molecule has 6 atom stereocenters. The number of nitrogens with zero attached hydrogens (tertiary/aromatic N) is 3. The lowest BCUT2D eigenvalue weighted by Crippen LogP contribution is -2.52. The predicted octanol–water partition coefficient (Wildman–Crippen LogP) is 3.48. The van der Waals surface area contributed by atoms with E-state index in [0.717, 1.165) is 0 Å². The summed E-state index contributed by atoms with van der Waals surface area (Å²) in [5, 5.41) is 6.72. The molecule has 1 saturated heterocycles. The molecule has 1 aliphatic heterocycles. The third-order valence-corrected chi connectivity index (χ3v) is 8.67. The monoisotopic (exact) mass is 665 g/mol. The van der Waals surface area contributed by atoms with Gasteiger partial charge in [0.25, 0.3) is 0 Å². The van der Waals surface area contributed by atoms with Crippen LogP contribution in [0, 0.1) is 0 Å². The zero-order valence-electron chi connectivity index (χ0n) is 25.8. The van der Waals surface area contributed by atoms with Gasteiger partial charge in [0.1, 0.15) is 36.4 Å². The van der Waals surface area contributed by atoms with Crippen LogP contribution in [0.2, 0.25) is 0 Å². The number of carbonyl (C=O) groups excluding carboxylic acids is 3. The Morgan fingerprint density at radius 3 is 2.46 bits per heavy atom. The van der Waals surface area contributed by atoms with Crippen LogP contribution in [-0.4, -0.2) is 76.2 Å². The van der Waals surface area contributed by atoms with Crippen LogP contribution in [0.5, 0.6) is 5.75 Å². The number of aromatic nitrogens is 3. The molecule has 46 heavy (non-hydrogen) atoms. The van der Waals surface area contributed by atoms with Crippen molar-refractivity contribution >= 4 is 37.0 Å². The highest BCUT2D eigenvalue weighted by Gasteiger charge is 2.61. The normalized spacial score (nSPS) is 22.9. The SMILES string of the molecule is CCOC(=O)C(C)NP(=O)(OC[C@@]1(CF)O[C@@H](c2ccc3c(N)ncnn23)[C@H](OC(=O)CC)[C@@H]1OC(=O)CC)Oc1ccccc1. The highest BCUT2D eigenvalue weighted by atomic mass is 31.2. The van der Waals surface area contributed by atoms with Gasteiger partial charge in [0, 0.05) is 12.8 Å². The molecule has 17 heteroatoms. The Balaban J connectivity index is 1.76. The van der Waals surface area contributed by atoms with Crippen LogP contribution < -0.4 is 15.3 Å². The minimum Gasteiger partial charge on any atom is -0.465 e. The van der Waals surface area contributed by atoms with E-state index in [4.69, 9.17) is 33.7 Å². The highest BCUT2D eigenvalue weighted by Crippen LogP contribution is 2.50. The average molecular weight is 666 g/mol. The number of halogens is 1. The molecule has 3 N–H and O–H groups in total. The van der Waals surface area contributed by atoms with Crippen LogP contribution in [0.1, 0.15) is 52.3 Å². The van der Waals surface area contributed by atoms with E-state index < -0.39 is 68.9 Å². The minimum absolute atomic E-state index is 0.0586. The molecule has 1 aliphatic rings. The molecular formula is C29H37FN5O10P. The molecular weight excluding hydrogens is 628 g/mol. The van der Waals surface area contributed by atoms with E-state index in [2.05, 4.69) is 15.2 Å². The van der Waals surface area contributed by atoms with Crippen LogP contribution in [0.25, 0.3) is 5.52 Å². The van der Waals surface area contributed by atoms with E-state index in [1.54, 1.807) is 44.2 Å². The third-order valence-electron chi connectivity index (χ3n) is 7.05. The maximum absolute atomic E-state index is 15.4. The molecule has 250 valence electrons. The number of nitrogens with one attached hydrogen (secondary N) is 1. The number of para-hydroxylation sites is 1. The van der Waals surface area contributed by atoms with Gasteiger partial charge in [-0.1, -0.05) is 32.0 Å². The van der Waals surface area contributed by atoms with Gasteiger partial charge in [-0.05, 0) is 38.1 Å². The standard InChI is InChI=1S/C29H37FN5O10P/c1-5-22(36)42-25-24(20-13-14-21-27(31)32-17-33-35(20)21)44-29(15-30,26(25)43-23(37)6-2)16-41-46(39,34-18(4)28(38)40-7-3)45-19-11-9-8-10-12-19/h8-14,17-18,24-26H,5-7,15-16H2,1-4H3,(H,34,39)(H2,31,32,33)/t18?,24-,25-,26-,29+,46?/m0/s1. The Bertz CT molecular complexity index is 1580. The van der Waals surface area contributed by atoms with Gasteiger partial charge in [-0.25, -0.2) is 18.5 Å². The van der Waals surface area contributed by atoms with Crippen LogP contribution in [-0.2, 0) is 42.4 Å². The molecule has 0 amide bonds. The summed E-state index contributed by atoms with van der Waals surface area (Å²) in [5.41, 5.74) is 4.46. The number of hydrogen-bond acceptors (Lipinski definition) is 13. The minimum atomic E-state index is -4.52. The zero-order valence-corrected chi connectivity index (χ0v) is 26.7. The molecule has 0 bridgehead atoms. The molecule has 3 heterocycles. The van der Waals surface area contributed by atoms with E-state index in [9.17, 15) is 18.9 Å². The van der Waals surface area contributed by atoms with E-state index in [1.165, 1.54) is 36.8 Å². The summed E-state index contributed by atoms with van der Waals surface area (Å²) in [6.45, 7) is 3.92. The third kappa shape index (κ3) is 7.64. The fourth-order valence-corrected chi connectivity index (χ4v) is 6.29. The maximum atomic E-state index is 15.4. The smallest absolute Gasteiger partial charge is 0.459 e. The molecule has 0 radical (unpaired) electrons. The Hall–Kier alpha value is -4.11. The summed E-state index contributed by atoms with van der Waals surface area (Å²) in [6.07, 6.45) is -3.24. The van der Waals surface area contributed by atoms with Crippen molar-refractivity contribution in [2.45, 2.75) is 70.5 Å². The van der Waals surface area contributed by atoms with Crippen molar-refractivity contribution < 1.29 is 51.3 Å². The first-order chi connectivity index (χ1) is 22.0. The molecule has 2 unspecified atom stereocenters. The first-order valence-electron chi connectivity index (χ1n) is 14.6. The number of nitrogens with two attached hydrogens (primary N) is 1. The van der Waals surface area contributed by atoms with Gasteiger partial charge in [-0.2, -0.15) is 10.2 Å². The topological polar surface area (TPSA) is 192 Å². The second kappa shape index (κ2) is 15.0. The Morgan fingerprint density at radius 1 is 1.11 bits per heavy atom. The van der Waals surface area contributed by atoms with Crippen molar-refractivity contribution in [3.8, 4) is 5.75 Å². The summed E-state index contributed by atoms with van der Waals surface area (Å²) in [7, 11) is -4.52. The van der Waals surface area contributed by atoms with Crippen molar-refractivity contribution in [3.05, 3.63) is 54.5 Å².